The molecule has 0 saturated heterocycles. The Morgan fingerprint density at radius 3 is 2.53 bits per heavy atom. The Bertz CT molecular complexity index is 1190. The van der Waals surface area contributed by atoms with Gasteiger partial charge in [-0.15, -0.1) is 0 Å². The Morgan fingerprint density at radius 1 is 1.12 bits per heavy atom. The second-order valence-corrected chi connectivity index (χ2v) is 6.58. The van der Waals surface area contributed by atoms with Crippen LogP contribution in [0.5, 0.6) is 0 Å². The summed E-state index contributed by atoms with van der Waals surface area (Å²) < 4.78 is 20.6. The zero-order chi connectivity index (χ0) is 23.4. The Morgan fingerprint density at radius 2 is 1.84 bits per heavy atom. The standard InChI is InChI=1S/C21H22N4O7/c1-5-30-20(27)15-11(2)32-18-16(15)17(22)23-14(24-18)10-31-19(26)12-8-6-7-9-13(12)25(3)21(28)29-4/h6-9H,5,10H2,1-4H3,(H2,22,23,24). The molecule has 3 aromatic rings. The first-order valence-electron chi connectivity index (χ1n) is 9.58. The van der Waals surface area contributed by atoms with Crippen LogP contribution >= 0.6 is 0 Å². The molecule has 0 aliphatic carbocycles. The molecule has 0 saturated carbocycles. The number of para-hydroxylation sites is 1. The van der Waals surface area contributed by atoms with E-state index in [9.17, 15) is 14.4 Å². The predicted octanol–water partition coefficient (Wildman–Crippen LogP) is 2.85. The number of ether oxygens (including phenoxy) is 3. The molecule has 0 spiro atoms. The van der Waals surface area contributed by atoms with Gasteiger partial charge in [-0.05, 0) is 26.0 Å². The van der Waals surface area contributed by atoms with Crippen molar-refractivity contribution in [2.45, 2.75) is 20.5 Å². The molecule has 168 valence electrons. The van der Waals surface area contributed by atoms with Crippen molar-refractivity contribution in [3.05, 3.63) is 47.0 Å². The Balaban J connectivity index is 1.84. The number of rotatable bonds is 6. The molecule has 32 heavy (non-hydrogen) atoms. The van der Waals surface area contributed by atoms with Crippen molar-refractivity contribution in [3.63, 3.8) is 0 Å². The van der Waals surface area contributed by atoms with Crippen LogP contribution in [0.2, 0.25) is 0 Å². The highest BCUT2D eigenvalue weighted by Gasteiger charge is 2.25. The summed E-state index contributed by atoms with van der Waals surface area (Å²) in [7, 11) is 2.71. The fraction of sp³-hybridized carbons (Fsp3) is 0.286. The number of benzene rings is 1. The van der Waals surface area contributed by atoms with Gasteiger partial charge in [-0.1, -0.05) is 12.1 Å². The average molecular weight is 442 g/mol. The SMILES string of the molecule is CCOC(=O)c1c(C)oc2nc(COC(=O)c3ccccc3N(C)C(=O)OC)nc(N)c12. The van der Waals surface area contributed by atoms with E-state index in [-0.39, 0.29) is 52.8 Å². The number of nitrogen functional groups attached to an aromatic ring is 1. The molecule has 1 amide bonds. The number of hydrogen-bond donors (Lipinski definition) is 1. The lowest BCUT2D eigenvalue weighted by Crippen LogP contribution is -2.27. The van der Waals surface area contributed by atoms with Crippen molar-refractivity contribution < 1.29 is 33.0 Å². The number of amides is 1. The van der Waals surface area contributed by atoms with Gasteiger partial charge in [0, 0.05) is 7.05 Å². The second-order valence-electron chi connectivity index (χ2n) is 6.58. The lowest BCUT2D eigenvalue weighted by Gasteiger charge is -2.18. The highest BCUT2D eigenvalue weighted by Crippen LogP contribution is 2.29. The maximum absolute atomic E-state index is 12.6. The molecular weight excluding hydrogens is 420 g/mol. The molecule has 2 heterocycles. The fourth-order valence-electron chi connectivity index (χ4n) is 3.08. The smallest absolute Gasteiger partial charge is 0.413 e. The summed E-state index contributed by atoms with van der Waals surface area (Å²) in [6.07, 6.45) is -0.641. The lowest BCUT2D eigenvalue weighted by molar-refractivity contribution is 0.0462. The van der Waals surface area contributed by atoms with Crippen molar-refractivity contribution in [1.82, 2.24) is 9.97 Å². The summed E-state index contributed by atoms with van der Waals surface area (Å²) in [5.41, 5.74) is 6.70. The van der Waals surface area contributed by atoms with Crippen molar-refractivity contribution in [1.29, 1.82) is 0 Å². The van der Waals surface area contributed by atoms with Gasteiger partial charge < -0.3 is 24.4 Å². The topological polar surface area (TPSA) is 147 Å². The third kappa shape index (κ3) is 4.31. The lowest BCUT2D eigenvalue weighted by atomic mass is 10.1. The van der Waals surface area contributed by atoms with Crippen LogP contribution in [0.15, 0.2) is 28.7 Å². The fourth-order valence-corrected chi connectivity index (χ4v) is 3.08. The van der Waals surface area contributed by atoms with E-state index >= 15 is 0 Å². The van der Waals surface area contributed by atoms with Gasteiger partial charge in [0.1, 0.15) is 17.1 Å². The number of hydrogen-bond acceptors (Lipinski definition) is 10. The highest BCUT2D eigenvalue weighted by molar-refractivity contribution is 6.07. The van der Waals surface area contributed by atoms with E-state index in [2.05, 4.69) is 14.7 Å². The van der Waals surface area contributed by atoms with E-state index in [1.165, 1.54) is 25.1 Å². The molecule has 0 aliphatic heterocycles. The van der Waals surface area contributed by atoms with Gasteiger partial charge >= 0.3 is 18.0 Å². The second kappa shape index (κ2) is 9.33. The minimum absolute atomic E-state index is 0.00761. The Hall–Kier alpha value is -4.15. The summed E-state index contributed by atoms with van der Waals surface area (Å²) >= 11 is 0. The van der Waals surface area contributed by atoms with Gasteiger partial charge in [-0.2, -0.15) is 4.98 Å². The quantitative estimate of drug-likeness (QED) is 0.446. The summed E-state index contributed by atoms with van der Waals surface area (Å²) in [5, 5.41) is 0.237. The van der Waals surface area contributed by atoms with Crippen LogP contribution in [0.1, 0.15) is 39.2 Å². The molecule has 3 rings (SSSR count). The first-order chi connectivity index (χ1) is 15.3. The van der Waals surface area contributed by atoms with Gasteiger partial charge in [0.25, 0.3) is 0 Å². The normalized spacial score (nSPS) is 10.6. The molecule has 2 aromatic heterocycles. The monoisotopic (exact) mass is 442 g/mol. The van der Waals surface area contributed by atoms with E-state index in [0.29, 0.717) is 5.69 Å². The molecular formula is C21H22N4O7. The largest absolute Gasteiger partial charge is 0.462 e. The first-order valence-corrected chi connectivity index (χ1v) is 9.58. The molecule has 0 atom stereocenters. The third-order valence-corrected chi connectivity index (χ3v) is 4.55. The minimum Gasteiger partial charge on any atom is -0.462 e. The summed E-state index contributed by atoms with van der Waals surface area (Å²) in [4.78, 5) is 46.2. The molecule has 0 unspecified atom stereocenters. The number of fused-ring (bicyclic) bond motifs is 1. The minimum atomic E-state index is -0.707. The summed E-state index contributed by atoms with van der Waals surface area (Å²) in [6, 6.07) is 6.39. The number of anilines is 2. The predicted molar refractivity (Wildman–Crippen MR) is 113 cm³/mol. The molecule has 0 aliphatic rings. The van der Waals surface area contributed by atoms with Crippen LogP contribution in [-0.2, 0) is 20.8 Å². The molecule has 0 fully saturated rings. The van der Waals surface area contributed by atoms with Crippen LogP contribution in [-0.4, -0.2) is 48.8 Å². The Labute approximate surface area is 183 Å². The van der Waals surface area contributed by atoms with Crippen molar-refractivity contribution >= 4 is 40.6 Å². The van der Waals surface area contributed by atoms with Gasteiger partial charge in [-0.25, -0.2) is 19.4 Å². The maximum Gasteiger partial charge on any atom is 0.413 e. The van der Waals surface area contributed by atoms with E-state index < -0.39 is 18.0 Å². The van der Waals surface area contributed by atoms with Gasteiger partial charge in [0.2, 0.25) is 5.71 Å². The number of nitrogens with two attached hydrogens (primary N) is 1. The van der Waals surface area contributed by atoms with Crippen LogP contribution < -0.4 is 10.6 Å². The third-order valence-electron chi connectivity index (χ3n) is 4.55. The van der Waals surface area contributed by atoms with Crippen molar-refractivity contribution in [2.24, 2.45) is 0 Å². The van der Waals surface area contributed by atoms with Crippen LogP contribution in [0.25, 0.3) is 11.1 Å². The number of aryl methyl sites for hydroxylation is 1. The van der Waals surface area contributed by atoms with Crippen molar-refractivity contribution in [3.8, 4) is 0 Å². The zero-order valence-corrected chi connectivity index (χ0v) is 18.0. The Kier molecular flexibility index (Phi) is 6.57. The number of esters is 2. The molecule has 2 N–H and O–H groups in total. The zero-order valence-electron chi connectivity index (χ0n) is 18.0. The van der Waals surface area contributed by atoms with Gasteiger partial charge in [0.15, 0.2) is 12.4 Å². The number of carbonyl (C=O) groups excluding carboxylic acids is 3. The molecule has 1 aromatic carbocycles. The van der Waals surface area contributed by atoms with Gasteiger partial charge in [0.05, 0.1) is 30.4 Å². The maximum atomic E-state index is 12.6. The van der Waals surface area contributed by atoms with Crippen LogP contribution in [0.3, 0.4) is 0 Å². The van der Waals surface area contributed by atoms with E-state index in [4.69, 9.17) is 19.6 Å². The number of furan rings is 1. The van der Waals surface area contributed by atoms with E-state index in [1.54, 1.807) is 32.0 Å². The average Bonchev–Trinajstić information content (AvgIpc) is 3.12. The van der Waals surface area contributed by atoms with Gasteiger partial charge in [-0.3, -0.25) is 4.90 Å². The van der Waals surface area contributed by atoms with Crippen LogP contribution in [0.4, 0.5) is 16.3 Å². The molecule has 0 radical (unpaired) electrons. The highest BCUT2D eigenvalue weighted by atomic mass is 16.5. The number of carbonyl (C=O) groups is 3. The number of nitrogens with zero attached hydrogens (tertiary/aromatic N) is 3. The van der Waals surface area contributed by atoms with Crippen LogP contribution in [0, 0.1) is 6.92 Å². The number of methoxy groups -OCH3 is 1. The molecule has 11 heteroatoms. The van der Waals surface area contributed by atoms with E-state index in [1.807, 2.05) is 0 Å². The molecule has 11 nitrogen and oxygen atoms in total. The summed E-state index contributed by atoms with van der Waals surface area (Å²) in [6.45, 7) is 3.14. The molecule has 0 bridgehead atoms. The number of aromatic nitrogens is 2. The van der Waals surface area contributed by atoms with E-state index in [0.717, 1.165) is 0 Å². The van der Waals surface area contributed by atoms with Crippen molar-refractivity contribution in [2.75, 3.05) is 31.4 Å². The first kappa shape index (κ1) is 22.5. The summed E-state index contributed by atoms with van der Waals surface area (Å²) in [5.74, 6) is -0.947.